The van der Waals surface area contributed by atoms with Gasteiger partial charge in [0.15, 0.2) is 0 Å². The summed E-state index contributed by atoms with van der Waals surface area (Å²) in [6.45, 7) is 0. The van der Waals surface area contributed by atoms with Crippen LogP contribution < -0.4 is 10.2 Å². The fraction of sp³-hybridized carbons (Fsp3) is 0.0800. The molecule has 0 saturated carbocycles. The quantitative estimate of drug-likeness (QED) is 0.345. The molecule has 1 atom stereocenters. The second-order valence-electron chi connectivity index (χ2n) is 7.73. The van der Waals surface area contributed by atoms with Crippen molar-refractivity contribution in [3.8, 4) is 5.75 Å². The molecular weight excluding hydrogens is 538 g/mol. The van der Waals surface area contributed by atoms with E-state index in [1.807, 2.05) is 30.3 Å². The summed E-state index contributed by atoms with van der Waals surface area (Å²) in [6.07, 6.45) is 1.11. The Bertz CT molecular complexity index is 1600. The standard InChI is InChI=1S/C25H18BrNO7S/c26-16-6-9-18(10-7-16)35(30,31)27-17-8-11-20-19(13-17)23(28)24(29)25(34-20)21-14-32-22(33-21)12-15-4-2-1-3-5-15/h1-11,13-14,22,27,29H,12H2. The van der Waals surface area contributed by atoms with E-state index in [-0.39, 0.29) is 33.1 Å². The molecule has 5 rings (SSSR count). The molecule has 0 fully saturated rings. The highest BCUT2D eigenvalue weighted by molar-refractivity contribution is 9.10. The number of rotatable bonds is 6. The van der Waals surface area contributed by atoms with Crippen molar-refractivity contribution >= 4 is 48.4 Å². The molecule has 0 aliphatic carbocycles. The van der Waals surface area contributed by atoms with E-state index in [4.69, 9.17) is 13.9 Å². The molecule has 8 nitrogen and oxygen atoms in total. The third-order valence-electron chi connectivity index (χ3n) is 5.30. The van der Waals surface area contributed by atoms with Crippen molar-refractivity contribution in [2.75, 3.05) is 4.72 Å². The van der Waals surface area contributed by atoms with Crippen molar-refractivity contribution in [3.63, 3.8) is 0 Å². The zero-order chi connectivity index (χ0) is 24.6. The maximum atomic E-state index is 12.9. The van der Waals surface area contributed by atoms with Crippen LogP contribution in [0.3, 0.4) is 0 Å². The minimum Gasteiger partial charge on any atom is -0.501 e. The lowest BCUT2D eigenvalue weighted by molar-refractivity contribution is -0.0145. The van der Waals surface area contributed by atoms with Gasteiger partial charge in [-0.05, 0) is 48.0 Å². The molecule has 178 valence electrons. The summed E-state index contributed by atoms with van der Waals surface area (Å²) in [6, 6.07) is 19.9. The zero-order valence-electron chi connectivity index (χ0n) is 18.0. The monoisotopic (exact) mass is 555 g/mol. The Morgan fingerprint density at radius 2 is 1.74 bits per heavy atom. The lowest BCUT2D eigenvalue weighted by Gasteiger charge is -2.12. The fourth-order valence-electron chi connectivity index (χ4n) is 3.58. The number of halogens is 1. The van der Waals surface area contributed by atoms with Gasteiger partial charge in [-0.1, -0.05) is 46.3 Å². The number of ether oxygens (including phenoxy) is 2. The molecule has 0 bridgehead atoms. The first-order valence-electron chi connectivity index (χ1n) is 10.4. The van der Waals surface area contributed by atoms with Crippen molar-refractivity contribution in [3.05, 3.63) is 105 Å². The van der Waals surface area contributed by atoms with Gasteiger partial charge >= 0.3 is 0 Å². The Morgan fingerprint density at radius 3 is 2.49 bits per heavy atom. The van der Waals surface area contributed by atoms with Gasteiger partial charge in [-0.2, -0.15) is 0 Å². The van der Waals surface area contributed by atoms with Crippen LogP contribution in [0.2, 0.25) is 0 Å². The van der Waals surface area contributed by atoms with E-state index in [0.29, 0.717) is 6.42 Å². The highest BCUT2D eigenvalue weighted by Gasteiger charge is 2.27. The van der Waals surface area contributed by atoms with E-state index in [1.165, 1.54) is 36.6 Å². The Hall–Kier alpha value is -3.76. The summed E-state index contributed by atoms with van der Waals surface area (Å²) >= 11 is 3.26. The van der Waals surface area contributed by atoms with Gasteiger partial charge in [-0.15, -0.1) is 0 Å². The maximum Gasteiger partial charge on any atom is 0.261 e. The number of hydrogen-bond acceptors (Lipinski definition) is 7. The van der Waals surface area contributed by atoms with Crippen LogP contribution in [0.1, 0.15) is 11.3 Å². The van der Waals surface area contributed by atoms with Gasteiger partial charge in [-0.3, -0.25) is 9.52 Å². The van der Waals surface area contributed by atoms with Gasteiger partial charge in [-0.25, -0.2) is 8.42 Å². The van der Waals surface area contributed by atoms with Gasteiger partial charge in [0.25, 0.3) is 10.0 Å². The largest absolute Gasteiger partial charge is 0.501 e. The molecule has 1 aliphatic rings. The summed E-state index contributed by atoms with van der Waals surface area (Å²) in [5, 5.41) is 10.5. The highest BCUT2D eigenvalue weighted by atomic mass is 79.9. The van der Waals surface area contributed by atoms with Crippen LogP contribution in [0.15, 0.2) is 97.6 Å². The van der Waals surface area contributed by atoms with Gasteiger partial charge < -0.3 is 19.0 Å². The summed E-state index contributed by atoms with van der Waals surface area (Å²) < 4.78 is 45.5. The van der Waals surface area contributed by atoms with Crippen LogP contribution >= 0.6 is 15.9 Å². The molecular formula is C25H18BrNO7S. The molecule has 2 N–H and O–H groups in total. The Balaban J connectivity index is 1.40. The van der Waals surface area contributed by atoms with Gasteiger partial charge in [0.2, 0.25) is 29.0 Å². The van der Waals surface area contributed by atoms with Crippen LogP contribution in [0.5, 0.6) is 5.75 Å². The number of benzene rings is 3. The van der Waals surface area contributed by atoms with E-state index in [9.17, 15) is 18.3 Å². The Kier molecular flexibility index (Phi) is 6.00. The first kappa shape index (κ1) is 23.0. The topological polar surface area (TPSA) is 115 Å². The van der Waals surface area contributed by atoms with Crippen LogP contribution in [0.4, 0.5) is 5.69 Å². The molecule has 0 amide bonds. The predicted octanol–water partition coefficient (Wildman–Crippen LogP) is 4.98. The lowest BCUT2D eigenvalue weighted by Crippen LogP contribution is -2.13. The molecule has 1 aromatic heterocycles. The maximum absolute atomic E-state index is 12.9. The third-order valence-corrected chi connectivity index (χ3v) is 7.22. The summed E-state index contributed by atoms with van der Waals surface area (Å²) in [5.41, 5.74) is 0.546. The zero-order valence-corrected chi connectivity index (χ0v) is 20.4. The first-order valence-corrected chi connectivity index (χ1v) is 12.7. The van der Waals surface area contributed by atoms with Gasteiger partial charge in [0.05, 0.1) is 10.3 Å². The molecule has 0 radical (unpaired) electrons. The molecule has 4 aromatic rings. The van der Waals surface area contributed by atoms with E-state index < -0.39 is 27.5 Å². The second-order valence-corrected chi connectivity index (χ2v) is 10.3. The molecule has 1 aliphatic heterocycles. The van der Waals surface area contributed by atoms with Crippen LogP contribution in [0, 0.1) is 0 Å². The molecule has 1 unspecified atom stereocenters. The molecule has 3 aromatic carbocycles. The SMILES string of the molecule is O=c1c(O)c(C2=COC(Cc3ccccc3)O2)oc2ccc(NS(=O)(=O)c3ccc(Br)cc3)cc12. The third kappa shape index (κ3) is 4.75. The number of hydrogen-bond donors (Lipinski definition) is 2. The summed E-state index contributed by atoms with van der Waals surface area (Å²) in [4.78, 5) is 12.9. The van der Waals surface area contributed by atoms with Crippen molar-refractivity contribution in [2.45, 2.75) is 17.6 Å². The van der Waals surface area contributed by atoms with Gasteiger partial charge in [0.1, 0.15) is 11.8 Å². The number of anilines is 1. The number of fused-ring (bicyclic) bond motifs is 1. The van der Waals surface area contributed by atoms with E-state index in [2.05, 4.69) is 20.7 Å². The molecule has 35 heavy (non-hydrogen) atoms. The van der Waals surface area contributed by atoms with E-state index in [0.717, 1.165) is 10.0 Å². The number of sulfonamides is 1. The number of nitrogens with one attached hydrogen (secondary N) is 1. The smallest absolute Gasteiger partial charge is 0.261 e. The number of aromatic hydroxyl groups is 1. The summed E-state index contributed by atoms with van der Waals surface area (Å²) in [7, 11) is -3.89. The molecule has 0 spiro atoms. The minimum absolute atomic E-state index is 0.00241. The first-order chi connectivity index (χ1) is 16.8. The molecule has 10 heteroatoms. The molecule has 0 saturated heterocycles. The average molecular weight is 556 g/mol. The van der Waals surface area contributed by atoms with Gasteiger partial charge in [0, 0.05) is 16.6 Å². The van der Waals surface area contributed by atoms with Crippen molar-refractivity contribution in [1.82, 2.24) is 0 Å². The Morgan fingerprint density at radius 1 is 1.00 bits per heavy atom. The van der Waals surface area contributed by atoms with E-state index >= 15 is 0 Å². The van der Waals surface area contributed by atoms with Crippen LogP contribution in [0.25, 0.3) is 16.7 Å². The predicted molar refractivity (Wildman–Crippen MR) is 133 cm³/mol. The Labute approximate surface area is 208 Å². The van der Waals surface area contributed by atoms with Crippen LogP contribution in [-0.2, 0) is 25.9 Å². The van der Waals surface area contributed by atoms with Crippen LogP contribution in [-0.4, -0.2) is 19.8 Å². The average Bonchev–Trinajstić information content (AvgIpc) is 3.30. The fourth-order valence-corrected chi connectivity index (χ4v) is 4.90. The van der Waals surface area contributed by atoms with E-state index in [1.54, 1.807) is 12.1 Å². The molecule has 2 heterocycles. The summed E-state index contributed by atoms with van der Waals surface area (Å²) in [5.74, 6) is -0.746. The second kappa shape index (κ2) is 9.12. The normalized spacial score (nSPS) is 15.3. The highest BCUT2D eigenvalue weighted by Crippen LogP contribution is 2.33. The lowest BCUT2D eigenvalue weighted by atomic mass is 10.1. The van der Waals surface area contributed by atoms with Crippen molar-refractivity contribution < 1.29 is 27.4 Å². The minimum atomic E-state index is -3.89. The van der Waals surface area contributed by atoms with Crippen molar-refractivity contribution in [1.29, 1.82) is 0 Å². The van der Waals surface area contributed by atoms with Crippen molar-refractivity contribution in [2.24, 2.45) is 0 Å².